The molecule has 0 radical (unpaired) electrons. The van der Waals surface area contributed by atoms with Gasteiger partial charge in [-0.25, -0.2) is 0 Å². The lowest BCUT2D eigenvalue weighted by Crippen LogP contribution is -2.56. The number of nitrogens with zero attached hydrogens (tertiary/aromatic N) is 2. The summed E-state index contributed by atoms with van der Waals surface area (Å²) < 4.78 is 5.76. The summed E-state index contributed by atoms with van der Waals surface area (Å²) in [6.07, 6.45) is 1.50. The molecular weight excluding hydrogens is 563 g/mol. The van der Waals surface area contributed by atoms with Crippen molar-refractivity contribution in [1.82, 2.24) is 0 Å². The normalized spacial score (nSPS) is 14.0. The van der Waals surface area contributed by atoms with E-state index in [2.05, 4.69) is 0 Å². The molecule has 1 heterocycles. The first-order valence-electron chi connectivity index (χ1n) is 10.4. The van der Waals surface area contributed by atoms with Crippen molar-refractivity contribution in [3.05, 3.63) is 86.5 Å². The van der Waals surface area contributed by atoms with Crippen LogP contribution in [-0.4, -0.2) is 29.1 Å². The number of phenolic OH excluding ortho intramolecular Hbond substituents is 1. The number of halogens is 1. The van der Waals surface area contributed by atoms with Crippen LogP contribution < -0.4 is 14.5 Å². The highest BCUT2D eigenvalue weighted by Gasteiger charge is 2.41. The van der Waals surface area contributed by atoms with Gasteiger partial charge in [0.05, 0.1) is 22.1 Å². The second-order valence-electron chi connectivity index (χ2n) is 7.85. The lowest BCUT2D eigenvalue weighted by molar-refractivity contribution is -0.120. The third kappa shape index (κ3) is 4.43. The van der Waals surface area contributed by atoms with Crippen LogP contribution in [0.2, 0.25) is 0 Å². The van der Waals surface area contributed by atoms with Gasteiger partial charge >= 0.3 is 0 Å². The number of carbonyl (C=O) groups is 2. The fourth-order valence-corrected chi connectivity index (χ4v) is 4.57. The monoisotopic (exact) mass is 584 g/mol. The zero-order chi connectivity index (χ0) is 24.6. The van der Waals surface area contributed by atoms with Crippen LogP contribution in [0.4, 0.5) is 11.4 Å². The average Bonchev–Trinajstić information content (AvgIpc) is 2.81. The summed E-state index contributed by atoms with van der Waals surface area (Å²) in [7, 11) is 1.44. The molecule has 1 saturated heterocycles. The number of carbonyl (C=O) groups excluding carboxylic acids is 2. The molecule has 0 aliphatic carbocycles. The predicted octanol–water partition coefficient (Wildman–Crippen LogP) is 5.37. The fraction of sp³-hybridized carbons (Fsp3) is 0.115. The summed E-state index contributed by atoms with van der Waals surface area (Å²) in [6, 6.07) is 18.0. The summed E-state index contributed by atoms with van der Waals surface area (Å²) in [5.41, 5.74) is 3.68. The highest BCUT2D eigenvalue weighted by atomic mass is 127. The number of hydrogen-bond acceptors (Lipinski definition) is 5. The standard InChI is InChI=1S/C26H21IN2O4S/c1-15-4-8-18(9-5-15)28-24(31)20(12-17-13-21(27)23(30)22(14-17)33-3)25(32)29(26(28)34)19-10-6-16(2)7-11-19/h4-14,30H,1-3H3. The molecule has 3 aromatic carbocycles. The van der Waals surface area contributed by atoms with Crippen molar-refractivity contribution in [3.8, 4) is 11.5 Å². The summed E-state index contributed by atoms with van der Waals surface area (Å²) >= 11 is 7.63. The van der Waals surface area contributed by atoms with E-state index in [0.29, 0.717) is 20.5 Å². The number of thiocarbonyl (C=S) groups is 1. The summed E-state index contributed by atoms with van der Waals surface area (Å²) in [5.74, 6) is -0.806. The highest BCUT2D eigenvalue weighted by molar-refractivity contribution is 14.1. The van der Waals surface area contributed by atoms with E-state index in [0.717, 1.165) is 11.1 Å². The Morgan fingerprint density at radius 2 is 1.35 bits per heavy atom. The largest absolute Gasteiger partial charge is 0.504 e. The minimum Gasteiger partial charge on any atom is -0.504 e. The SMILES string of the molecule is COc1cc(C=C2C(=O)N(c3ccc(C)cc3)C(=S)N(c3ccc(C)cc3)C2=O)cc(I)c1O. The van der Waals surface area contributed by atoms with Crippen molar-refractivity contribution < 1.29 is 19.4 Å². The molecule has 1 aliphatic heterocycles. The topological polar surface area (TPSA) is 70.1 Å². The number of methoxy groups -OCH3 is 1. The van der Waals surface area contributed by atoms with Crippen LogP contribution in [0.3, 0.4) is 0 Å². The number of amides is 2. The Morgan fingerprint density at radius 1 is 0.882 bits per heavy atom. The highest BCUT2D eigenvalue weighted by Crippen LogP contribution is 2.35. The van der Waals surface area contributed by atoms with Crippen LogP contribution in [0.5, 0.6) is 11.5 Å². The fourth-order valence-electron chi connectivity index (χ4n) is 3.57. The van der Waals surface area contributed by atoms with Gasteiger partial charge in [0.1, 0.15) is 5.57 Å². The van der Waals surface area contributed by atoms with E-state index in [1.807, 2.05) is 60.7 Å². The number of rotatable bonds is 4. The smallest absolute Gasteiger partial charge is 0.270 e. The van der Waals surface area contributed by atoms with Gasteiger partial charge in [0.2, 0.25) is 0 Å². The van der Waals surface area contributed by atoms with E-state index in [-0.39, 0.29) is 22.2 Å². The Bertz CT molecular complexity index is 1260. The Balaban J connectivity index is 1.89. The number of hydrogen-bond donors (Lipinski definition) is 1. The molecule has 1 fully saturated rings. The van der Waals surface area contributed by atoms with Crippen molar-refractivity contribution in [2.75, 3.05) is 16.9 Å². The van der Waals surface area contributed by atoms with Gasteiger partial charge in [-0.05, 0) is 96.7 Å². The van der Waals surface area contributed by atoms with E-state index in [1.54, 1.807) is 36.4 Å². The minimum absolute atomic E-state index is 0.00436. The Labute approximate surface area is 216 Å². The lowest BCUT2D eigenvalue weighted by atomic mass is 10.0. The van der Waals surface area contributed by atoms with E-state index in [4.69, 9.17) is 17.0 Å². The second-order valence-corrected chi connectivity index (χ2v) is 9.37. The third-order valence-corrected chi connectivity index (χ3v) is 6.60. The summed E-state index contributed by atoms with van der Waals surface area (Å²) in [6.45, 7) is 3.90. The quantitative estimate of drug-likeness (QED) is 0.193. The minimum atomic E-state index is -0.524. The maximum Gasteiger partial charge on any atom is 0.270 e. The molecule has 8 heteroatoms. The van der Waals surface area contributed by atoms with E-state index in [1.165, 1.54) is 23.0 Å². The number of phenols is 1. The van der Waals surface area contributed by atoms with Crippen LogP contribution in [0.15, 0.2) is 66.2 Å². The molecule has 3 aromatic rings. The molecule has 1 aliphatic rings. The Morgan fingerprint density at radius 3 is 1.79 bits per heavy atom. The molecule has 0 spiro atoms. The molecule has 1 N–H and O–H groups in total. The van der Waals surface area contributed by atoms with Gasteiger partial charge in [0.25, 0.3) is 11.8 Å². The first-order chi connectivity index (χ1) is 16.2. The number of ether oxygens (including phenoxy) is 1. The molecule has 172 valence electrons. The first-order valence-corrected chi connectivity index (χ1v) is 11.8. The molecular formula is C26H21IN2O4S. The zero-order valence-electron chi connectivity index (χ0n) is 18.7. The van der Waals surface area contributed by atoms with Crippen LogP contribution in [0, 0.1) is 17.4 Å². The molecule has 6 nitrogen and oxygen atoms in total. The van der Waals surface area contributed by atoms with Crippen LogP contribution in [-0.2, 0) is 9.59 Å². The zero-order valence-corrected chi connectivity index (χ0v) is 21.7. The molecule has 34 heavy (non-hydrogen) atoms. The van der Waals surface area contributed by atoms with Gasteiger partial charge in [0, 0.05) is 0 Å². The summed E-state index contributed by atoms with van der Waals surface area (Å²) in [4.78, 5) is 30.0. The maximum absolute atomic E-state index is 13.6. The van der Waals surface area contributed by atoms with E-state index in [9.17, 15) is 14.7 Å². The molecule has 4 rings (SSSR count). The van der Waals surface area contributed by atoms with Gasteiger partial charge in [0.15, 0.2) is 16.6 Å². The van der Waals surface area contributed by atoms with Gasteiger partial charge in [-0.2, -0.15) is 0 Å². The third-order valence-electron chi connectivity index (χ3n) is 5.42. The molecule has 0 bridgehead atoms. The van der Waals surface area contributed by atoms with Crippen molar-refractivity contribution in [3.63, 3.8) is 0 Å². The van der Waals surface area contributed by atoms with Gasteiger partial charge in [-0.3, -0.25) is 19.4 Å². The molecule has 0 unspecified atom stereocenters. The summed E-state index contributed by atoms with van der Waals surface area (Å²) in [5, 5.41) is 10.3. The van der Waals surface area contributed by atoms with Gasteiger partial charge in [-0.1, -0.05) is 35.4 Å². The van der Waals surface area contributed by atoms with Gasteiger partial charge in [-0.15, -0.1) is 0 Å². The number of benzene rings is 3. The Kier molecular flexibility index (Phi) is 6.72. The number of aryl methyl sites for hydroxylation is 2. The Hall–Kier alpha value is -3.24. The van der Waals surface area contributed by atoms with Gasteiger partial charge < -0.3 is 9.84 Å². The first kappa shape index (κ1) is 23.9. The van der Waals surface area contributed by atoms with E-state index < -0.39 is 11.8 Å². The molecule has 0 saturated carbocycles. The van der Waals surface area contributed by atoms with Crippen LogP contribution in [0.25, 0.3) is 6.08 Å². The molecule has 2 amide bonds. The van der Waals surface area contributed by atoms with Crippen LogP contribution >= 0.6 is 34.8 Å². The van der Waals surface area contributed by atoms with Crippen LogP contribution in [0.1, 0.15) is 16.7 Å². The molecule has 0 atom stereocenters. The molecule has 0 aromatic heterocycles. The predicted molar refractivity (Wildman–Crippen MR) is 145 cm³/mol. The van der Waals surface area contributed by atoms with Crippen molar-refractivity contribution in [2.45, 2.75) is 13.8 Å². The van der Waals surface area contributed by atoms with Crippen molar-refractivity contribution in [2.24, 2.45) is 0 Å². The number of anilines is 2. The van der Waals surface area contributed by atoms with Crippen molar-refractivity contribution >= 4 is 69.2 Å². The second kappa shape index (κ2) is 9.55. The number of aromatic hydroxyl groups is 1. The van der Waals surface area contributed by atoms with Crippen molar-refractivity contribution in [1.29, 1.82) is 0 Å². The van der Waals surface area contributed by atoms with E-state index >= 15 is 0 Å². The average molecular weight is 584 g/mol. The lowest BCUT2D eigenvalue weighted by Gasteiger charge is -2.36. The maximum atomic E-state index is 13.6.